The first-order chi connectivity index (χ1) is 18.0. The van der Waals surface area contributed by atoms with Gasteiger partial charge in [-0.2, -0.15) is 0 Å². The number of hydrogen-bond acceptors (Lipinski definition) is 2. The van der Waals surface area contributed by atoms with Crippen LogP contribution in [0.15, 0.2) is 78.9 Å². The second kappa shape index (κ2) is 13.6. The van der Waals surface area contributed by atoms with E-state index in [0.717, 1.165) is 16.7 Å². The maximum atomic E-state index is 13.8. The van der Waals surface area contributed by atoms with Gasteiger partial charge in [0.1, 0.15) is 6.04 Å². The molecule has 0 aliphatic rings. The summed E-state index contributed by atoms with van der Waals surface area (Å²) in [5, 5.41) is 3.65. The zero-order valence-corrected chi connectivity index (χ0v) is 24.1. The molecule has 1 atom stereocenters. The number of amides is 2. The minimum Gasteiger partial charge on any atom is -0.354 e. The second-order valence-electron chi connectivity index (χ2n) is 11.4. The Morgan fingerprint density at radius 3 is 2.11 bits per heavy atom. The van der Waals surface area contributed by atoms with Gasteiger partial charge in [-0.3, -0.25) is 9.59 Å². The van der Waals surface area contributed by atoms with Crippen LogP contribution in [-0.2, 0) is 34.4 Å². The Morgan fingerprint density at radius 1 is 0.868 bits per heavy atom. The van der Waals surface area contributed by atoms with Gasteiger partial charge >= 0.3 is 0 Å². The van der Waals surface area contributed by atoms with E-state index in [0.29, 0.717) is 36.7 Å². The van der Waals surface area contributed by atoms with Crippen molar-refractivity contribution in [2.45, 2.75) is 71.9 Å². The van der Waals surface area contributed by atoms with Gasteiger partial charge in [0.05, 0.1) is 0 Å². The highest BCUT2D eigenvalue weighted by atomic mass is 35.5. The summed E-state index contributed by atoms with van der Waals surface area (Å²) >= 11 is 6.51. The lowest BCUT2D eigenvalue weighted by Gasteiger charge is -2.32. The first-order valence-electron chi connectivity index (χ1n) is 13.5. The standard InChI is InChI=1S/C33H41ClN2O2/c1-24(2)22-35-32(38)30(21-26-11-7-6-8-12-26)36(23-27-13-9-10-14-29(27)34)31(37)20-17-25-15-18-28(19-16-25)33(3,4)5/h6-16,18-19,24,30H,17,20-23H2,1-5H3,(H,35,38)/t30-/m0/s1. The Morgan fingerprint density at radius 2 is 1.50 bits per heavy atom. The highest BCUT2D eigenvalue weighted by Crippen LogP contribution is 2.24. The molecule has 2 amide bonds. The molecular weight excluding hydrogens is 492 g/mol. The van der Waals surface area contributed by atoms with Crippen LogP contribution in [0.1, 0.15) is 63.3 Å². The molecule has 0 spiro atoms. The lowest BCUT2D eigenvalue weighted by Crippen LogP contribution is -2.51. The molecule has 202 valence electrons. The minimum absolute atomic E-state index is 0.0644. The van der Waals surface area contributed by atoms with E-state index in [-0.39, 0.29) is 23.8 Å². The van der Waals surface area contributed by atoms with E-state index in [1.807, 2.05) is 54.6 Å². The molecule has 5 heteroatoms. The van der Waals surface area contributed by atoms with Crippen molar-refractivity contribution in [1.29, 1.82) is 0 Å². The molecule has 0 unspecified atom stereocenters. The second-order valence-corrected chi connectivity index (χ2v) is 11.8. The fourth-order valence-electron chi connectivity index (χ4n) is 4.35. The molecule has 0 heterocycles. The molecule has 0 fully saturated rings. The number of carbonyl (C=O) groups excluding carboxylic acids is 2. The SMILES string of the molecule is CC(C)CNC(=O)[C@H](Cc1ccccc1)N(Cc1ccccc1Cl)C(=O)CCc1ccc(C(C)(C)C)cc1. The molecule has 3 aromatic carbocycles. The number of halogens is 1. The van der Waals surface area contributed by atoms with Gasteiger partial charge in [-0.05, 0) is 46.1 Å². The summed E-state index contributed by atoms with van der Waals surface area (Å²) in [6.07, 6.45) is 1.34. The fourth-order valence-corrected chi connectivity index (χ4v) is 4.55. The third kappa shape index (κ3) is 8.73. The summed E-state index contributed by atoms with van der Waals surface area (Å²) in [5.74, 6) is 0.100. The van der Waals surface area contributed by atoms with Crippen LogP contribution in [0.3, 0.4) is 0 Å². The van der Waals surface area contributed by atoms with Gasteiger partial charge in [-0.15, -0.1) is 0 Å². The zero-order chi connectivity index (χ0) is 27.7. The van der Waals surface area contributed by atoms with Crippen LogP contribution in [0.4, 0.5) is 0 Å². The molecule has 0 radical (unpaired) electrons. The molecule has 3 aromatic rings. The molecule has 4 nitrogen and oxygen atoms in total. The number of rotatable bonds is 11. The van der Waals surface area contributed by atoms with Crippen LogP contribution in [0.5, 0.6) is 0 Å². The smallest absolute Gasteiger partial charge is 0.243 e. The van der Waals surface area contributed by atoms with Crippen molar-refractivity contribution in [3.63, 3.8) is 0 Å². The van der Waals surface area contributed by atoms with Crippen molar-refractivity contribution in [1.82, 2.24) is 10.2 Å². The van der Waals surface area contributed by atoms with E-state index in [1.165, 1.54) is 5.56 Å². The summed E-state index contributed by atoms with van der Waals surface area (Å²) in [6.45, 7) is 11.5. The van der Waals surface area contributed by atoms with Gasteiger partial charge in [0.15, 0.2) is 0 Å². The first-order valence-corrected chi connectivity index (χ1v) is 13.9. The van der Waals surface area contributed by atoms with Crippen molar-refractivity contribution in [2.24, 2.45) is 5.92 Å². The van der Waals surface area contributed by atoms with Crippen molar-refractivity contribution in [3.05, 3.63) is 106 Å². The quantitative estimate of drug-likeness (QED) is 0.289. The van der Waals surface area contributed by atoms with E-state index in [1.54, 1.807) is 4.90 Å². The third-order valence-electron chi connectivity index (χ3n) is 6.70. The summed E-state index contributed by atoms with van der Waals surface area (Å²) < 4.78 is 0. The maximum Gasteiger partial charge on any atom is 0.243 e. The van der Waals surface area contributed by atoms with E-state index in [9.17, 15) is 9.59 Å². The largest absolute Gasteiger partial charge is 0.354 e. The summed E-state index contributed by atoms with van der Waals surface area (Å²) in [7, 11) is 0. The van der Waals surface area contributed by atoms with Crippen LogP contribution in [-0.4, -0.2) is 29.3 Å². The van der Waals surface area contributed by atoms with Crippen LogP contribution >= 0.6 is 11.6 Å². The molecular formula is C33H41ClN2O2. The Balaban J connectivity index is 1.88. The lowest BCUT2D eigenvalue weighted by atomic mass is 9.86. The Hall–Kier alpha value is -3.11. The van der Waals surface area contributed by atoms with Gasteiger partial charge in [0, 0.05) is 31.0 Å². The van der Waals surface area contributed by atoms with Gasteiger partial charge in [0.25, 0.3) is 0 Å². The molecule has 0 aliphatic heterocycles. The van der Waals surface area contributed by atoms with Crippen molar-refractivity contribution < 1.29 is 9.59 Å². The van der Waals surface area contributed by atoms with Crippen LogP contribution in [0.2, 0.25) is 5.02 Å². The predicted molar refractivity (Wildman–Crippen MR) is 157 cm³/mol. The summed E-state index contributed by atoms with van der Waals surface area (Å²) in [5.41, 5.74) is 4.28. The molecule has 3 rings (SSSR count). The maximum absolute atomic E-state index is 13.8. The Labute approximate surface area is 233 Å². The third-order valence-corrected chi connectivity index (χ3v) is 7.07. The molecule has 0 saturated carbocycles. The van der Waals surface area contributed by atoms with Gasteiger partial charge in [-0.1, -0.05) is 119 Å². The van der Waals surface area contributed by atoms with E-state index >= 15 is 0 Å². The minimum atomic E-state index is -0.650. The van der Waals surface area contributed by atoms with E-state index < -0.39 is 6.04 Å². The van der Waals surface area contributed by atoms with Gasteiger partial charge < -0.3 is 10.2 Å². The molecule has 0 aliphatic carbocycles. The fraction of sp³-hybridized carbons (Fsp3) is 0.394. The Kier molecular flexibility index (Phi) is 10.6. The number of nitrogens with zero attached hydrogens (tertiary/aromatic N) is 1. The van der Waals surface area contributed by atoms with Gasteiger partial charge in [0.2, 0.25) is 11.8 Å². The zero-order valence-electron chi connectivity index (χ0n) is 23.3. The Bertz CT molecular complexity index is 1180. The average molecular weight is 533 g/mol. The highest BCUT2D eigenvalue weighted by Gasteiger charge is 2.30. The normalized spacial score (nSPS) is 12.3. The number of benzene rings is 3. The van der Waals surface area contributed by atoms with Crippen molar-refractivity contribution in [3.8, 4) is 0 Å². The van der Waals surface area contributed by atoms with Crippen LogP contribution in [0.25, 0.3) is 0 Å². The molecule has 38 heavy (non-hydrogen) atoms. The molecule has 0 bridgehead atoms. The molecule has 1 N–H and O–H groups in total. The highest BCUT2D eigenvalue weighted by molar-refractivity contribution is 6.31. The number of aryl methyl sites for hydroxylation is 1. The van der Waals surface area contributed by atoms with Crippen molar-refractivity contribution >= 4 is 23.4 Å². The molecule has 0 aromatic heterocycles. The van der Waals surface area contributed by atoms with E-state index in [4.69, 9.17) is 11.6 Å². The number of hydrogen-bond donors (Lipinski definition) is 1. The number of nitrogens with one attached hydrogen (secondary N) is 1. The first kappa shape index (κ1) is 29.4. The molecule has 0 saturated heterocycles. The van der Waals surface area contributed by atoms with E-state index in [2.05, 4.69) is 64.2 Å². The lowest BCUT2D eigenvalue weighted by molar-refractivity contribution is -0.141. The summed E-state index contributed by atoms with van der Waals surface area (Å²) in [6, 6.07) is 25.2. The average Bonchev–Trinajstić information content (AvgIpc) is 2.89. The summed E-state index contributed by atoms with van der Waals surface area (Å²) in [4.78, 5) is 29.1. The topological polar surface area (TPSA) is 49.4 Å². The monoisotopic (exact) mass is 532 g/mol. The number of carbonyl (C=O) groups is 2. The van der Waals surface area contributed by atoms with Crippen LogP contribution < -0.4 is 5.32 Å². The van der Waals surface area contributed by atoms with Crippen LogP contribution in [0, 0.1) is 5.92 Å². The van der Waals surface area contributed by atoms with Crippen molar-refractivity contribution in [2.75, 3.05) is 6.54 Å². The predicted octanol–water partition coefficient (Wildman–Crippen LogP) is 6.98. The van der Waals surface area contributed by atoms with Gasteiger partial charge in [-0.25, -0.2) is 0 Å².